The summed E-state index contributed by atoms with van der Waals surface area (Å²) in [5.41, 5.74) is 0.581. The molecule has 0 saturated carbocycles. The minimum Gasteiger partial charge on any atom is -0.459 e. The van der Waals surface area contributed by atoms with Crippen molar-refractivity contribution in [2.45, 2.75) is 37.2 Å². The van der Waals surface area contributed by atoms with Crippen LogP contribution in [-0.2, 0) is 14.6 Å². The lowest BCUT2D eigenvalue weighted by molar-refractivity contribution is -0.124. The Balaban J connectivity index is 1.77. The molecule has 144 valence electrons. The van der Waals surface area contributed by atoms with Gasteiger partial charge in [-0.05, 0) is 36.1 Å². The van der Waals surface area contributed by atoms with Crippen LogP contribution in [0.15, 0.2) is 52.0 Å². The van der Waals surface area contributed by atoms with E-state index in [0.29, 0.717) is 12.0 Å². The van der Waals surface area contributed by atoms with Gasteiger partial charge in [-0.3, -0.25) is 9.59 Å². The van der Waals surface area contributed by atoms with Crippen molar-refractivity contribution >= 4 is 21.7 Å². The molecule has 0 fully saturated rings. The van der Waals surface area contributed by atoms with E-state index in [4.69, 9.17) is 4.42 Å². The maximum atomic E-state index is 12.8. The fourth-order valence-corrected chi connectivity index (χ4v) is 4.78. The molecule has 2 amide bonds. The summed E-state index contributed by atoms with van der Waals surface area (Å²) in [6.45, 7) is 3.65. The SMILES string of the molecule is CC(C)C(NC(=O)c1ccco1)C(=O)NC1CCS(=O)(=O)c2ccccc21. The summed E-state index contributed by atoms with van der Waals surface area (Å²) in [6, 6.07) is 8.61. The van der Waals surface area contributed by atoms with E-state index in [9.17, 15) is 18.0 Å². The third kappa shape index (κ3) is 4.05. The van der Waals surface area contributed by atoms with E-state index in [1.165, 1.54) is 12.3 Å². The zero-order valence-electron chi connectivity index (χ0n) is 15.1. The Morgan fingerprint density at radius 3 is 2.56 bits per heavy atom. The number of benzene rings is 1. The number of carbonyl (C=O) groups excluding carboxylic acids is 2. The van der Waals surface area contributed by atoms with Gasteiger partial charge in [0.15, 0.2) is 15.6 Å². The van der Waals surface area contributed by atoms with E-state index >= 15 is 0 Å². The Labute approximate surface area is 158 Å². The number of sulfone groups is 1. The summed E-state index contributed by atoms with van der Waals surface area (Å²) in [5.74, 6) is -0.890. The van der Waals surface area contributed by atoms with Crippen LogP contribution in [0.2, 0.25) is 0 Å². The monoisotopic (exact) mass is 390 g/mol. The van der Waals surface area contributed by atoms with Crippen molar-refractivity contribution in [1.82, 2.24) is 10.6 Å². The molecule has 0 spiro atoms. The summed E-state index contributed by atoms with van der Waals surface area (Å²) in [6.07, 6.45) is 1.68. The second kappa shape index (κ2) is 7.56. The topological polar surface area (TPSA) is 105 Å². The smallest absolute Gasteiger partial charge is 0.287 e. The number of amides is 2. The molecule has 0 aliphatic carbocycles. The molecule has 0 saturated heterocycles. The largest absolute Gasteiger partial charge is 0.459 e. The van der Waals surface area contributed by atoms with Gasteiger partial charge < -0.3 is 15.1 Å². The molecule has 2 heterocycles. The quantitative estimate of drug-likeness (QED) is 0.813. The second-order valence-electron chi connectivity index (χ2n) is 6.88. The van der Waals surface area contributed by atoms with Gasteiger partial charge in [-0.25, -0.2) is 8.42 Å². The van der Waals surface area contributed by atoms with Crippen molar-refractivity contribution in [2.75, 3.05) is 5.75 Å². The zero-order chi connectivity index (χ0) is 19.6. The molecule has 2 N–H and O–H groups in total. The van der Waals surface area contributed by atoms with Gasteiger partial charge in [-0.1, -0.05) is 32.0 Å². The molecule has 0 bridgehead atoms. The van der Waals surface area contributed by atoms with Gasteiger partial charge in [0.2, 0.25) is 5.91 Å². The van der Waals surface area contributed by atoms with Gasteiger partial charge in [-0.2, -0.15) is 0 Å². The lowest BCUT2D eigenvalue weighted by Crippen LogP contribution is -2.51. The van der Waals surface area contributed by atoms with Crippen molar-refractivity contribution in [3.8, 4) is 0 Å². The fraction of sp³-hybridized carbons (Fsp3) is 0.368. The van der Waals surface area contributed by atoms with Crippen molar-refractivity contribution in [3.05, 3.63) is 54.0 Å². The highest BCUT2D eigenvalue weighted by atomic mass is 32.2. The predicted molar refractivity (Wildman–Crippen MR) is 98.8 cm³/mol. The van der Waals surface area contributed by atoms with Crippen molar-refractivity contribution in [2.24, 2.45) is 5.92 Å². The van der Waals surface area contributed by atoms with E-state index < -0.39 is 27.8 Å². The first-order valence-corrected chi connectivity index (χ1v) is 10.4. The van der Waals surface area contributed by atoms with Gasteiger partial charge in [0.25, 0.3) is 5.91 Å². The third-order valence-corrected chi connectivity index (χ3v) is 6.42. The highest BCUT2D eigenvalue weighted by Gasteiger charge is 2.33. The maximum absolute atomic E-state index is 12.8. The highest BCUT2D eigenvalue weighted by Crippen LogP contribution is 2.32. The van der Waals surface area contributed by atoms with E-state index in [0.717, 1.165) is 0 Å². The van der Waals surface area contributed by atoms with E-state index in [1.54, 1.807) is 30.3 Å². The van der Waals surface area contributed by atoms with Crippen molar-refractivity contribution in [1.29, 1.82) is 0 Å². The standard InChI is InChI=1S/C19H22N2O5S/c1-12(2)17(21-18(22)15-7-5-10-26-15)19(23)20-14-9-11-27(24,25)16-8-4-3-6-13(14)16/h3-8,10,12,14,17H,9,11H2,1-2H3,(H,20,23)(H,21,22). The molecule has 7 nitrogen and oxygen atoms in total. The first-order chi connectivity index (χ1) is 12.8. The van der Waals surface area contributed by atoms with Crippen LogP contribution in [0.25, 0.3) is 0 Å². The van der Waals surface area contributed by atoms with Crippen LogP contribution in [0, 0.1) is 5.92 Å². The van der Waals surface area contributed by atoms with E-state index in [2.05, 4.69) is 10.6 Å². The summed E-state index contributed by atoms with van der Waals surface area (Å²) in [4.78, 5) is 25.3. The first-order valence-electron chi connectivity index (χ1n) is 8.76. The molecule has 2 aromatic rings. The van der Waals surface area contributed by atoms with Gasteiger partial charge in [0, 0.05) is 0 Å². The van der Waals surface area contributed by atoms with Crippen LogP contribution in [0.4, 0.5) is 0 Å². The van der Waals surface area contributed by atoms with Gasteiger partial charge in [0.05, 0.1) is 23.0 Å². The van der Waals surface area contributed by atoms with Gasteiger partial charge in [-0.15, -0.1) is 0 Å². The third-order valence-electron chi connectivity index (χ3n) is 4.60. The van der Waals surface area contributed by atoms with E-state index in [-0.39, 0.29) is 28.2 Å². The molecular formula is C19H22N2O5S. The van der Waals surface area contributed by atoms with Crippen LogP contribution in [0.3, 0.4) is 0 Å². The summed E-state index contributed by atoms with van der Waals surface area (Å²) in [7, 11) is -3.33. The molecule has 1 aromatic heterocycles. The lowest BCUT2D eigenvalue weighted by Gasteiger charge is -2.29. The molecule has 2 unspecified atom stereocenters. The number of carbonyl (C=O) groups is 2. The highest BCUT2D eigenvalue weighted by molar-refractivity contribution is 7.91. The normalized spacial score (nSPS) is 19.1. The molecule has 8 heteroatoms. The molecule has 1 aliphatic heterocycles. The number of rotatable bonds is 5. The number of nitrogens with one attached hydrogen (secondary N) is 2. The Hall–Kier alpha value is -2.61. The molecule has 1 aromatic carbocycles. The van der Waals surface area contributed by atoms with Crippen LogP contribution >= 0.6 is 0 Å². The van der Waals surface area contributed by atoms with Crippen LogP contribution in [0.5, 0.6) is 0 Å². The molecule has 0 radical (unpaired) electrons. The molecule has 1 aliphatic rings. The van der Waals surface area contributed by atoms with Crippen LogP contribution in [0.1, 0.15) is 42.4 Å². The molecule has 27 heavy (non-hydrogen) atoms. The maximum Gasteiger partial charge on any atom is 0.287 e. The fourth-order valence-electron chi connectivity index (χ4n) is 3.16. The number of hydrogen-bond acceptors (Lipinski definition) is 5. The Morgan fingerprint density at radius 1 is 1.15 bits per heavy atom. The van der Waals surface area contributed by atoms with Crippen LogP contribution in [-0.4, -0.2) is 32.0 Å². The van der Waals surface area contributed by atoms with E-state index in [1.807, 2.05) is 13.8 Å². The van der Waals surface area contributed by atoms with Gasteiger partial charge >= 0.3 is 0 Å². The number of furan rings is 1. The number of hydrogen-bond donors (Lipinski definition) is 2. The lowest BCUT2D eigenvalue weighted by atomic mass is 10.00. The minimum atomic E-state index is -3.33. The zero-order valence-corrected chi connectivity index (χ0v) is 16.0. The first kappa shape index (κ1) is 19.2. The summed E-state index contributed by atoms with van der Waals surface area (Å²) < 4.78 is 29.6. The Bertz CT molecular complexity index is 935. The minimum absolute atomic E-state index is 0.0277. The Morgan fingerprint density at radius 2 is 1.89 bits per heavy atom. The number of fused-ring (bicyclic) bond motifs is 1. The van der Waals surface area contributed by atoms with Crippen LogP contribution < -0.4 is 10.6 Å². The predicted octanol–water partition coefficient (Wildman–Crippen LogP) is 2.07. The van der Waals surface area contributed by atoms with Crippen molar-refractivity contribution < 1.29 is 22.4 Å². The van der Waals surface area contributed by atoms with Crippen molar-refractivity contribution in [3.63, 3.8) is 0 Å². The second-order valence-corrected chi connectivity index (χ2v) is 8.96. The van der Waals surface area contributed by atoms with Gasteiger partial charge in [0.1, 0.15) is 6.04 Å². The average Bonchev–Trinajstić information content (AvgIpc) is 3.16. The molecule has 2 atom stereocenters. The summed E-state index contributed by atoms with van der Waals surface area (Å²) in [5, 5.41) is 5.58. The Kier molecular flexibility index (Phi) is 5.36. The average molecular weight is 390 g/mol. The molecular weight excluding hydrogens is 368 g/mol. The summed E-state index contributed by atoms with van der Waals surface area (Å²) >= 11 is 0. The molecule has 3 rings (SSSR count).